The number of aryl methyl sites for hydroxylation is 2. The second-order valence-electron chi connectivity index (χ2n) is 3.99. The van der Waals surface area contributed by atoms with E-state index in [9.17, 15) is 4.39 Å². The van der Waals surface area contributed by atoms with Crippen molar-refractivity contribution in [2.24, 2.45) is 0 Å². The number of anilines is 1. The third-order valence-electron chi connectivity index (χ3n) is 2.58. The molecule has 1 aromatic heterocycles. The van der Waals surface area contributed by atoms with Gasteiger partial charge in [-0.3, -0.25) is 0 Å². The van der Waals surface area contributed by atoms with Crippen LogP contribution in [0, 0.1) is 19.7 Å². The first-order valence-corrected chi connectivity index (χ1v) is 5.62. The summed E-state index contributed by atoms with van der Waals surface area (Å²) in [7, 11) is 7.34. The molecule has 1 N–H and O–H groups in total. The Bertz CT molecular complexity index is 584. The van der Waals surface area contributed by atoms with Crippen LogP contribution >= 0.6 is 0 Å². The summed E-state index contributed by atoms with van der Waals surface area (Å²) in [5, 5.41) is 7.21. The fourth-order valence-corrected chi connectivity index (χ4v) is 1.88. The van der Waals surface area contributed by atoms with Crippen LogP contribution in [-0.4, -0.2) is 31.5 Å². The van der Waals surface area contributed by atoms with Gasteiger partial charge in [-0.25, -0.2) is 9.07 Å². The monoisotopic (exact) mass is 259 g/mol. The summed E-state index contributed by atoms with van der Waals surface area (Å²) in [4.78, 5) is 8.00. The lowest BCUT2D eigenvalue weighted by Crippen LogP contribution is -2.12. The van der Waals surface area contributed by atoms with Crippen LogP contribution in [0.2, 0.25) is 0 Å². The molecule has 1 aromatic carbocycles. The molecule has 2 aromatic rings. The highest BCUT2D eigenvalue weighted by Crippen LogP contribution is 2.23. The van der Waals surface area contributed by atoms with Crippen LogP contribution in [-0.2, 0) is 4.79 Å². The average molecular weight is 259 g/mol. The van der Waals surface area contributed by atoms with E-state index in [0.29, 0.717) is 16.8 Å². The van der Waals surface area contributed by atoms with E-state index in [1.807, 2.05) is 26.7 Å². The number of nitrogens with zero attached hydrogens (tertiary/aromatic N) is 2. The topological polar surface area (TPSA) is 46.9 Å². The minimum absolute atomic E-state index is 0.386. The molecule has 2 rings (SSSR count). The minimum Gasteiger partial charge on any atom is -0.386 e. The molecule has 6 heteroatoms. The van der Waals surface area contributed by atoms with Crippen molar-refractivity contribution in [2.75, 3.05) is 12.4 Å². The number of nitrogens with one attached hydrogen (secondary N) is 1. The Morgan fingerprint density at radius 1 is 1.32 bits per heavy atom. The molecule has 0 unspecified atom stereocenters. The fourth-order valence-electron chi connectivity index (χ4n) is 1.88. The van der Waals surface area contributed by atoms with Crippen LogP contribution in [0.25, 0.3) is 5.69 Å². The quantitative estimate of drug-likeness (QED) is 0.826. The molecule has 0 bridgehead atoms. The van der Waals surface area contributed by atoms with Gasteiger partial charge in [0.05, 0.1) is 11.4 Å². The second-order valence-corrected chi connectivity index (χ2v) is 3.99. The molecule has 0 saturated heterocycles. The molecule has 0 saturated carbocycles. The molecule has 0 amide bonds. The van der Waals surface area contributed by atoms with Crippen molar-refractivity contribution in [1.29, 1.82) is 0 Å². The molecule has 19 heavy (non-hydrogen) atoms. The van der Waals surface area contributed by atoms with E-state index in [4.69, 9.17) is 12.6 Å². The summed E-state index contributed by atoms with van der Waals surface area (Å²) in [5.41, 5.74) is 3.13. The summed E-state index contributed by atoms with van der Waals surface area (Å²) in [5.74, 6) is -0.388. The lowest BCUT2D eigenvalue weighted by Gasteiger charge is -2.13. The maximum Gasteiger partial charge on any atom is 0.150 e. The zero-order valence-electron chi connectivity index (χ0n) is 11.2. The normalized spacial score (nSPS) is 9.68. The predicted octanol–water partition coefficient (Wildman–Crippen LogP) is 1.28. The van der Waals surface area contributed by atoms with Gasteiger partial charge in [0.15, 0.2) is 0 Å². The molecule has 0 aliphatic heterocycles. The molecule has 0 atom stereocenters. The van der Waals surface area contributed by atoms with Crippen LogP contribution < -0.4 is 10.8 Å². The molecule has 0 fully saturated rings. The van der Waals surface area contributed by atoms with Gasteiger partial charge < -0.3 is 10.1 Å². The van der Waals surface area contributed by atoms with Gasteiger partial charge in [-0.05, 0) is 32.0 Å². The Labute approximate surface area is 113 Å². The van der Waals surface area contributed by atoms with E-state index in [-0.39, 0.29) is 5.82 Å². The Morgan fingerprint density at radius 2 is 1.95 bits per heavy atom. The van der Waals surface area contributed by atoms with Crippen molar-refractivity contribution in [3.05, 3.63) is 35.4 Å². The number of hydrogen-bond donors (Lipinski definition) is 1. The van der Waals surface area contributed by atoms with Crippen LogP contribution in [0.3, 0.4) is 0 Å². The first-order chi connectivity index (χ1) is 9.02. The van der Waals surface area contributed by atoms with Gasteiger partial charge in [-0.15, -0.1) is 0 Å². The standard InChI is InChI=1S/C12H13BFN3.CH2O/c1-7-4-8(2)17(16-7)12-10(14)5-9(13)6-11(12)15-3;1-2/h4-6,15H,1-3H3;1H2. The zero-order chi connectivity index (χ0) is 14.6. The summed E-state index contributed by atoms with van der Waals surface area (Å²) in [6.45, 7) is 5.76. The smallest absolute Gasteiger partial charge is 0.150 e. The summed E-state index contributed by atoms with van der Waals surface area (Å²) in [6, 6.07) is 4.89. The van der Waals surface area contributed by atoms with E-state index < -0.39 is 0 Å². The Kier molecular flexibility index (Phi) is 4.86. The number of benzene rings is 1. The van der Waals surface area contributed by atoms with Crippen molar-refractivity contribution < 1.29 is 9.18 Å². The fraction of sp³-hybridized carbons (Fsp3) is 0.231. The van der Waals surface area contributed by atoms with Gasteiger partial charge >= 0.3 is 0 Å². The third-order valence-corrected chi connectivity index (χ3v) is 2.58. The van der Waals surface area contributed by atoms with Gasteiger partial charge in [0.2, 0.25) is 0 Å². The Hall–Kier alpha value is -2.11. The van der Waals surface area contributed by atoms with Crippen molar-refractivity contribution in [2.45, 2.75) is 13.8 Å². The van der Waals surface area contributed by atoms with Gasteiger partial charge in [0.1, 0.15) is 26.1 Å². The van der Waals surface area contributed by atoms with Crippen LogP contribution in [0.15, 0.2) is 18.2 Å². The highest BCUT2D eigenvalue weighted by atomic mass is 19.1. The Morgan fingerprint density at radius 3 is 2.42 bits per heavy atom. The van der Waals surface area contributed by atoms with Crippen molar-refractivity contribution in [3.63, 3.8) is 0 Å². The molecule has 98 valence electrons. The summed E-state index contributed by atoms with van der Waals surface area (Å²) >= 11 is 0. The molecular weight excluding hydrogens is 244 g/mol. The molecule has 1 heterocycles. The van der Waals surface area contributed by atoms with E-state index in [1.165, 1.54) is 6.07 Å². The first kappa shape index (κ1) is 15.0. The van der Waals surface area contributed by atoms with E-state index >= 15 is 0 Å². The number of carbonyl (C=O) groups excluding carboxylic acids is 1. The zero-order valence-corrected chi connectivity index (χ0v) is 11.2. The number of halogens is 1. The number of aromatic nitrogens is 2. The molecule has 0 aliphatic carbocycles. The van der Waals surface area contributed by atoms with Gasteiger partial charge in [0, 0.05) is 12.7 Å². The predicted molar refractivity (Wildman–Crippen MR) is 75.1 cm³/mol. The maximum absolute atomic E-state index is 14.0. The Balaban J connectivity index is 0.000000861. The van der Waals surface area contributed by atoms with Gasteiger partial charge in [-0.2, -0.15) is 5.10 Å². The maximum atomic E-state index is 14.0. The highest BCUT2D eigenvalue weighted by Gasteiger charge is 2.14. The van der Waals surface area contributed by atoms with Crippen LogP contribution in [0.1, 0.15) is 11.4 Å². The van der Waals surface area contributed by atoms with Crippen molar-refractivity contribution in [1.82, 2.24) is 9.78 Å². The first-order valence-electron chi connectivity index (χ1n) is 5.62. The average Bonchev–Trinajstić information content (AvgIpc) is 2.69. The van der Waals surface area contributed by atoms with E-state index in [1.54, 1.807) is 17.8 Å². The van der Waals surface area contributed by atoms with Crippen molar-refractivity contribution in [3.8, 4) is 5.69 Å². The lowest BCUT2D eigenvalue weighted by atomic mass is 9.95. The van der Waals surface area contributed by atoms with Crippen LogP contribution in [0.4, 0.5) is 10.1 Å². The molecule has 0 spiro atoms. The second kappa shape index (κ2) is 6.18. The number of rotatable bonds is 2. The lowest BCUT2D eigenvalue weighted by molar-refractivity contribution is -0.0979. The van der Waals surface area contributed by atoms with Gasteiger partial charge in [-0.1, -0.05) is 5.46 Å². The molecule has 0 aliphatic rings. The summed E-state index contributed by atoms with van der Waals surface area (Å²) in [6.07, 6.45) is 0. The minimum atomic E-state index is -0.388. The number of hydrogen-bond acceptors (Lipinski definition) is 3. The van der Waals surface area contributed by atoms with E-state index in [0.717, 1.165) is 11.4 Å². The third kappa shape index (κ3) is 3.02. The SMILES string of the molecule is C=O.[B]c1cc(F)c(-n2nc(C)cc2C)c(NC)c1. The van der Waals surface area contributed by atoms with E-state index in [2.05, 4.69) is 10.4 Å². The highest BCUT2D eigenvalue weighted by molar-refractivity contribution is 6.32. The van der Waals surface area contributed by atoms with Gasteiger partial charge in [0.25, 0.3) is 0 Å². The summed E-state index contributed by atoms with van der Waals surface area (Å²) < 4.78 is 15.6. The molecular formula is C13H15BFN3O. The van der Waals surface area contributed by atoms with Crippen molar-refractivity contribution >= 4 is 25.8 Å². The van der Waals surface area contributed by atoms with Crippen LogP contribution in [0.5, 0.6) is 0 Å². The largest absolute Gasteiger partial charge is 0.386 e. The molecule has 4 nitrogen and oxygen atoms in total. The molecule has 2 radical (unpaired) electrons. The number of carbonyl (C=O) groups is 1.